The largest absolute Gasteiger partial charge is 0.351 e. The Kier molecular flexibility index (Phi) is 8.00. The van der Waals surface area contributed by atoms with Crippen LogP contribution in [-0.4, -0.2) is 29.8 Å². The molecule has 138 valence electrons. The number of carbonyl (C=O) groups excluding carboxylic acids is 2. The number of benzene rings is 1. The van der Waals surface area contributed by atoms with Crippen LogP contribution in [0.2, 0.25) is 0 Å². The van der Waals surface area contributed by atoms with E-state index in [2.05, 4.69) is 27.8 Å². The first-order valence-corrected chi connectivity index (χ1v) is 9.83. The molecular formula is C19H20BrFN2O2S. The highest BCUT2D eigenvalue weighted by atomic mass is 79.9. The summed E-state index contributed by atoms with van der Waals surface area (Å²) in [6.45, 7) is 4.59. The van der Waals surface area contributed by atoms with Crippen LogP contribution in [0.1, 0.15) is 28.1 Å². The number of nitrogens with one attached hydrogen (secondary N) is 1. The molecule has 2 amide bonds. The highest BCUT2D eigenvalue weighted by Crippen LogP contribution is 2.18. The van der Waals surface area contributed by atoms with E-state index >= 15 is 0 Å². The standard InChI is InChI=1S/C19H20BrFN2O2S/c1-2-10-23(13-14-12-15(20)7-8-16(14)21)18(24)6-3-9-22-19(25)17-5-4-11-26-17/h2,4-5,7-8,11-12H,1,3,6,9-10,13H2,(H,22,25). The van der Waals surface area contributed by atoms with Gasteiger partial charge in [0.2, 0.25) is 5.91 Å². The van der Waals surface area contributed by atoms with E-state index in [9.17, 15) is 14.0 Å². The third-order valence-corrected chi connectivity index (χ3v) is 5.03. The number of amides is 2. The van der Waals surface area contributed by atoms with Crippen LogP contribution in [0.25, 0.3) is 0 Å². The van der Waals surface area contributed by atoms with Gasteiger partial charge in [0, 0.05) is 36.1 Å². The molecule has 1 heterocycles. The van der Waals surface area contributed by atoms with Crippen molar-refractivity contribution in [3.05, 3.63) is 69.1 Å². The smallest absolute Gasteiger partial charge is 0.261 e. The van der Waals surface area contributed by atoms with E-state index in [0.29, 0.717) is 30.0 Å². The molecule has 2 rings (SSSR count). The Bertz CT molecular complexity index is 765. The lowest BCUT2D eigenvalue weighted by Gasteiger charge is -2.22. The maximum atomic E-state index is 13.9. The minimum atomic E-state index is -0.349. The van der Waals surface area contributed by atoms with Crippen LogP contribution in [0.15, 0.2) is 52.8 Å². The molecule has 0 saturated carbocycles. The van der Waals surface area contributed by atoms with Crippen molar-refractivity contribution in [2.24, 2.45) is 0 Å². The Morgan fingerprint density at radius 2 is 2.15 bits per heavy atom. The number of thiophene rings is 1. The Labute approximate surface area is 164 Å². The van der Waals surface area contributed by atoms with Gasteiger partial charge < -0.3 is 10.2 Å². The first-order valence-electron chi connectivity index (χ1n) is 8.15. The fraction of sp³-hybridized carbons (Fsp3) is 0.263. The molecule has 0 aliphatic rings. The fourth-order valence-corrected chi connectivity index (χ4v) is 3.42. The summed E-state index contributed by atoms with van der Waals surface area (Å²) in [5.41, 5.74) is 0.445. The summed E-state index contributed by atoms with van der Waals surface area (Å²) >= 11 is 4.69. The first-order chi connectivity index (χ1) is 12.5. The van der Waals surface area contributed by atoms with E-state index < -0.39 is 0 Å². The lowest BCUT2D eigenvalue weighted by Crippen LogP contribution is -2.32. The average Bonchev–Trinajstić information content (AvgIpc) is 3.15. The Morgan fingerprint density at radius 1 is 1.35 bits per heavy atom. The summed E-state index contributed by atoms with van der Waals surface area (Å²) in [6.07, 6.45) is 2.41. The van der Waals surface area contributed by atoms with Gasteiger partial charge in [0.15, 0.2) is 0 Å². The van der Waals surface area contributed by atoms with Gasteiger partial charge in [-0.15, -0.1) is 17.9 Å². The Balaban J connectivity index is 1.84. The molecule has 1 aromatic carbocycles. The van der Waals surface area contributed by atoms with E-state index in [4.69, 9.17) is 0 Å². The number of hydrogen-bond acceptors (Lipinski definition) is 3. The van der Waals surface area contributed by atoms with Crippen LogP contribution < -0.4 is 5.32 Å². The molecule has 0 aliphatic heterocycles. The summed E-state index contributed by atoms with van der Waals surface area (Å²) in [6, 6.07) is 8.23. The normalized spacial score (nSPS) is 10.4. The third-order valence-electron chi connectivity index (χ3n) is 3.67. The van der Waals surface area contributed by atoms with Crippen molar-refractivity contribution in [2.45, 2.75) is 19.4 Å². The molecule has 0 fully saturated rings. The van der Waals surface area contributed by atoms with Crippen LogP contribution in [-0.2, 0) is 11.3 Å². The molecular weight excluding hydrogens is 419 g/mol. The summed E-state index contributed by atoms with van der Waals surface area (Å²) in [4.78, 5) is 26.5. The monoisotopic (exact) mass is 438 g/mol. The van der Waals surface area contributed by atoms with Crippen LogP contribution >= 0.6 is 27.3 Å². The zero-order chi connectivity index (χ0) is 18.9. The van der Waals surface area contributed by atoms with Gasteiger partial charge >= 0.3 is 0 Å². The quantitative estimate of drug-likeness (QED) is 0.466. The predicted octanol–water partition coefficient (Wildman–Crippen LogP) is 4.37. The van der Waals surface area contributed by atoms with Gasteiger partial charge in [0.25, 0.3) is 5.91 Å². The molecule has 0 bridgehead atoms. The summed E-state index contributed by atoms with van der Waals surface area (Å²) in [7, 11) is 0. The second-order valence-electron chi connectivity index (χ2n) is 5.64. The van der Waals surface area contributed by atoms with Gasteiger partial charge in [-0.1, -0.05) is 28.1 Å². The third kappa shape index (κ3) is 6.07. The Morgan fingerprint density at radius 3 is 2.85 bits per heavy atom. The number of halogens is 2. The van der Waals surface area contributed by atoms with Gasteiger partial charge in [-0.05, 0) is 36.1 Å². The molecule has 2 aromatic rings. The van der Waals surface area contributed by atoms with Gasteiger partial charge in [-0.2, -0.15) is 0 Å². The van der Waals surface area contributed by atoms with E-state index in [-0.39, 0.29) is 30.6 Å². The maximum absolute atomic E-state index is 13.9. The van der Waals surface area contributed by atoms with Crippen molar-refractivity contribution in [3.8, 4) is 0 Å². The summed E-state index contributed by atoms with van der Waals surface area (Å²) in [5, 5.41) is 4.63. The molecule has 0 radical (unpaired) electrons. The molecule has 0 aliphatic carbocycles. The highest BCUT2D eigenvalue weighted by molar-refractivity contribution is 9.10. The van der Waals surface area contributed by atoms with E-state index in [1.807, 2.05) is 11.4 Å². The highest BCUT2D eigenvalue weighted by Gasteiger charge is 2.15. The van der Waals surface area contributed by atoms with E-state index in [1.54, 1.807) is 29.2 Å². The van der Waals surface area contributed by atoms with Crippen molar-refractivity contribution < 1.29 is 14.0 Å². The van der Waals surface area contributed by atoms with Crippen LogP contribution in [0, 0.1) is 5.82 Å². The zero-order valence-electron chi connectivity index (χ0n) is 14.2. The van der Waals surface area contributed by atoms with Crippen molar-refractivity contribution in [3.63, 3.8) is 0 Å². The topological polar surface area (TPSA) is 49.4 Å². The zero-order valence-corrected chi connectivity index (χ0v) is 16.6. The number of rotatable bonds is 9. The van der Waals surface area contributed by atoms with Gasteiger partial charge in [0.05, 0.1) is 4.88 Å². The molecule has 0 spiro atoms. The second kappa shape index (κ2) is 10.2. The Hall–Kier alpha value is -1.99. The first kappa shape index (κ1) is 20.3. The molecule has 0 atom stereocenters. The number of hydrogen-bond donors (Lipinski definition) is 1. The van der Waals surface area contributed by atoms with E-state index in [0.717, 1.165) is 4.47 Å². The molecule has 1 N–H and O–H groups in total. The van der Waals surface area contributed by atoms with Gasteiger partial charge in [0.1, 0.15) is 5.82 Å². The van der Waals surface area contributed by atoms with E-state index in [1.165, 1.54) is 17.4 Å². The molecule has 0 unspecified atom stereocenters. The minimum absolute atomic E-state index is 0.102. The van der Waals surface area contributed by atoms with Gasteiger partial charge in [-0.25, -0.2) is 4.39 Å². The molecule has 7 heteroatoms. The predicted molar refractivity (Wildman–Crippen MR) is 106 cm³/mol. The molecule has 0 saturated heterocycles. The number of nitrogens with zero attached hydrogens (tertiary/aromatic N) is 1. The van der Waals surface area contributed by atoms with Crippen molar-refractivity contribution in [1.82, 2.24) is 10.2 Å². The minimum Gasteiger partial charge on any atom is -0.351 e. The average molecular weight is 439 g/mol. The van der Waals surface area contributed by atoms with Crippen molar-refractivity contribution >= 4 is 39.1 Å². The molecule has 26 heavy (non-hydrogen) atoms. The SMILES string of the molecule is C=CCN(Cc1cc(Br)ccc1F)C(=O)CCCNC(=O)c1cccs1. The lowest BCUT2D eigenvalue weighted by molar-refractivity contribution is -0.131. The lowest BCUT2D eigenvalue weighted by atomic mass is 10.2. The van der Waals surface area contributed by atoms with Crippen molar-refractivity contribution in [1.29, 1.82) is 0 Å². The molecule has 4 nitrogen and oxygen atoms in total. The van der Waals surface area contributed by atoms with Crippen LogP contribution in [0.4, 0.5) is 4.39 Å². The summed E-state index contributed by atoms with van der Waals surface area (Å²) < 4.78 is 14.7. The fourth-order valence-electron chi connectivity index (χ4n) is 2.38. The van der Waals surface area contributed by atoms with Crippen molar-refractivity contribution in [2.75, 3.05) is 13.1 Å². The van der Waals surface area contributed by atoms with Gasteiger partial charge in [-0.3, -0.25) is 9.59 Å². The van der Waals surface area contributed by atoms with Crippen LogP contribution in [0.3, 0.4) is 0 Å². The maximum Gasteiger partial charge on any atom is 0.261 e. The summed E-state index contributed by atoms with van der Waals surface area (Å²) in [5.74, 6) is -0.584. The molecule has 1 aromatic heterocycles. The second-order valence-corrected chi connectivity index (χ2v) is 7.50. The van der Waals surface area contributed by atoms with Crippen LogP contribution in [0.5, 0.6) is 0 Å². The number of carbonyl (C=O) groups is 2.